The number of hydrogen-bond donors (Lipinski definition) is 1. The molecule has 0 radical (unpaired) electrons. The van der Waals surface area contributed by atoms with E-state index in [-0.39, 0.29) is 42.6 Å². The number of methoxy groups -OCH3 is 1. The van der Waals surface area contributed by atoms with Gasteiger partial charge in [-0.3, -0.25) is 24.5 Å². The summed E-state index contributed by atoms with van der Waals surface area (Å²) in [6.45, 7) is 3.28. The lowest BCUT2D eigenvalue weighted by molar-refractivity contribution is -0.136. The summed E-state index contributed by atoms with van der Waals surface area (Å²) in [5.41, 5.74) is 2.19. The number of piperidine rings is 2. The summed E-state index contributed by atoms with van der Waals surface area (Å²) in [4.78, 5) is 62.3. The fourth-order valence-electron chi connectivity index (χ4n) is 5.61. The van der Waals surface area contributed by atoms with Crippen LogP contribution >= 0.6 is 0 Å². The minimum absolute atomic E-state index is 0.119. The van der Waals surface area contributed by atoms with E-state index < -0.39 is 11.9 Å². The molecular formula is C29H35N5O6. The maximum absolute atomic E-state index is 13.4. The van der Waals surface area contributed by atoms with Gasteiger partial charge in [-0.1, -0.05) is 13.3 Å². The van der Waals surface area contributed by atoms with Crippen molar-refractivity contribution < 1.29 is 28.7 Å². The first-order chi connectivity index (χ1) is 19.4. The minimum Gasteiger partial charge on any atom is -0.491 e. The Hall–Kier alpha value is -4.02. The van der Waals surface area contributed by atoms with Crippen LogP contribution in [0.5, 0.6) is 11.6 Å². The number of likely N-dealkylation sites (tertiary alicyclic amines) is 1. The fourth-order valence-corrected chi connectivity index (χ4v) is 5.61. The first kappa shape index (κ1) is 27.5. The van der Waals surface area contributed by atoms with Gasteiger partial charge in [0.1, 0.15) is 18.4 Å². The van der Waals surface area contributed by atoms with Gasteiger partial charge < -0.3 is 19.3 Å². The van der Waals surface area contributed by atoms with E-state index in [2.05, 4.69) is 22.2 Å². The highest BCUT2D eigenvalue weighted by Gasteiger charge is 2.39. The summed E-state index contributed by atoms with van der Waals surface area (Å²) in [5, 5.41) is 2.32. The van der Waals surface area contributed by atoms with E-state index in [9.17, 15) is 19.2 Å². The van der Waals surface area contributed by atoms with Gasteiger partial charge in [0, 0.05) is 36.8 Å². The minimum atomic E-state index is -0.662. The molecule has 11 nitrogen and oxygen atoms in total. The second-order valence-corrected chi connectivity index (χ2v) is 10.5. The number of carbonyl (C=O) groups excluding carboxylic acids is 4. The van der Waals surface area contributed by atoms with Crippen LogP contribution in [0.1, 0.15) is 84.0 Å². The number of aryl methyl sites for hydroxylation is 1. The predicted molar refractivity (Wildman–Crippen MR) is 144 cm³/mol. The average Bonchev–Trinajstić information content (AvgIpc) is 3.29. The molecule has 0 saturated carbocycles. The molecule has 1 aromatic carbocycles. The Bertz CT molecular complexity index is 1310. The summed E-state index contributed by atoms with van der Waals surface area (Å²) in [7, 11) is 1.55. The molecule has 2 saturated heterocycles. The van der Waals surface area contributed by atoms with Gasteiger partial charge in [-0.05, 0) is 62.3 Å². The van der Waals surface area contributed by atoms with Crippen LogP contribution in [0.15, 0.2) is 24.4 Å². The van der Waals surface area contributed by atoms with E-state index >= 15 is 0 Å². The van der Waals surface area contributed by atoms with Crippen LogP contribution in [-0.2, 0) is 22.6 Å². The van der Waals surface area contributed by atoms with Crippen LogP contribution in [0.25, 0.3) is 0 Å². The second kappa shape index (κ2) is 12.0. The highest BCUT2D eigenvalue weighted by molar-refractivity contribution is 6.05. The zero-order valence-corrected chi connectivity index (χ0v) is 23.0. The summed E-state index contributed by atoms with van der Waals surface area (Å²) >= 11 is 0. The van der Waals surface area contributed by atoms with Crippen LogP contribution in [0.3, 0.4) is 0 Å². The number of unbranched alkanes of at least 4 members (excludes halogenated alkanes) is 1. The van der Waals surface area contributed by atoms with E-state index in [0.717, 1.165) is 49.7 Å². The van der Waals surface area contributed by atoms with Crippen molar-refractivity contribution in [1.82, 2.24) is 25.1 Å². The molecule has 2 atom stereocenters. The van der Waals surface area contributed by atoms with Gasteiger partial charge >= 0.3 is 0 Å². The molecule has 4 heterocycles. The monoisotopic (exact) mass is 549 g/mol. The van der Waals surface area contributed by atoms with Crippen molar-refractivity contribution in [1.29, 1.82) is 0 Å². The normalized spacial score (nSPS) is 20.8. The SMILES string of the molecule is CCCCc1cnc(C(=O)N2CCCC[C@H]2COc2ccc3c(c2)CN(C2CCC(=O)NC2=O)C3=O)nc1OC. The van der Waals surface area contributed by atoms with E-state index in [1.165, 1.54) is 4.90 Å². The van der Waals surface area contributed by atoms with Crippen molar-refractivity contribution in [3.63, 3.8) is 0 Å². The number of aromatic nitrogens is 2. The van der Waals surface area contributed by atoms with E-state index in [0.29, 0.717) is 36.8 Å². The van der Waals surface area contributed by atoms with Gasteiger partial charge in [-0.25, -0.2) is 4.98 Å². The number of benzene rings is 1. The van der Waals surface area contributed by atoms with Crippen molar-refractivity contribution in [2.45, 2.75) is 76.9 Å². The number of nitrogens with one attached hydrogen (secondary N) is 1. The molecule has 1 N–H and O–H groups in total. The summed E-state index contributed by atoms with van der Waals surface area (Å²) in [5.74, 6) is -0.0689. The Balaban J connectivity index is 1.24. The molecule has 0 aliphatic carbocycles. The van der Waals surface area contributed by atoms with Crippen molar-refractivity contribution in [2.24, 2.45) is 0 Å². The van der Waals surface area contributed by atoms with Crippen molar-refractivity contribution in [3.05, 3.63) is 46.9 Å². The summed E-state index contributed by atoms with van der Waals surface area (Å²) in [6.07, 6.45) is 7.72. The zero-order valence-electron chi connectivity index (χ0n) is 23.0. The van der Waals surface area contributed by atoms with Gasteiger partial charge in [-0.2, -0.15) is 4.98 Å². The number of rotatable bonds is 9. The van der Waals surface area contributed by atoms with Crippen molar-refractivity contribution in [2.75, 3.05) is 20.3 Å². The Morgan fingerprint density at radius 1 is 1.18 bits per heavy atom. The van der Waals surface area contributed by atoms with Gasteiger partial charge in [0.25, 0.3) is 11.8 Å². The number of fused-ring (bicyclic) bond motifs is 1. The molecule has 3 aliphatic rings. The topological polar surface area (TPSA) is 131 Å². The highest BCUT2D eigenvalue weighted by Crippen LogP contribution is 2.31. The lowest BCUT2D eigenvalue weighted by atomic mass is 10.0. The Kier molecular flexibility index (Phi) is 8.27. The molecule has 5 rings (SSSR count). The third-order valence-electron chi connectivity index (χ3n) is 7.83. The lowest BCUT2D eigenvalue weighted by Gasteiger charge is -2.35. The third-order valence-corrected chi connectivity index (χ3v) is 7.83. The van der Waals surface area contributed by atoms with Gasteiger partial charge in [0.05, 0.1) is 13.2 Å². The Morgan fingerprint density at radius 3 is 2.80 bits per heavy atom. The van der Waals surface area contributed by atoms with E-state index in [4.69, 9.17) is 9.47 Å². The van der Waals surface area contributed by atoms with Crippen LogP contribution in [0.2, 0.25) is 0 Å². The van der Waals surface area contributed by atoms with Crippen LogP contribution < -0.4 is 14.8 Å². The number of ether oxygens (including phenoxy) is 2. The zero-order chi connectivity index (χ0) is 28.2. The maximum atomic E-state index is 13.4. The van der Waals surface area contributed by atoms with Crippen LogP contribution in [0, 0.1) is 0 Å². The average molecular weight is 550 g/mol. The number of imide groups is 1. The molecule has 4 amide bonds. The number of nitrogens with zero attached hydrogens (tertiary/aromatic N) is 4. The van der Waals surface area contributed by atoms with Crippen molar-refractivity contribution in [3.8, 4) is 11.6 Å². The lowest BCUT2D eigenvalue weighted by Crippen LogP contribution is -2.52. The number of hydrogen-bond acceptors (Lipinski definition) is 8. The molecule has 1 aromatic heterocycles. The molecule has 40 heavy (non-hydrogen) atoms. The predicted octanol–water partition coefficient (Wildman–Crippen LogP) is 2.66. The molecular weight excluding hydrogens is 514 g/mol. The first-order valence-electron chi connectivity index (χ1n) is 14.0. The highest BCUT2D eigenvalue weighted by atomic mass is 16.5. The van der Waals surface area contributed by atoms with Gasteiger partial charge in [0.2, 0.25) is 23.5 Å². The third kappa shape index (κ3) is 5.64. The molecule has 212 valence electrons. The Morgan fingerprint density at radius 2 is 2.02 bits per heavy atom. The Labute approximate surface area is 233 Å². The molecule has 2 fully saturated rings. The molecule has 11 heteroatoms. The van der Waals surface area contributed by atoms with Crippen molar-refractivity contribution >= 4 is 23.6 Å². The molecule has 2 aromatic rings. The second-order valence-electron chi connectivity index (χ2n) is 10.5. The summed E-state index contributed by atoms with van der Waals surface area (Å²) in [6, 6.07) is 4.46. The molecule has 3 aliphatic heterocycles. The van der Waals surface area contributed by atoms with E-state index in [1.807, 2.05) is 6.07 Å². The number of carbonyl (C=O) groups is 4. The number of amides is 4. The molecule has 1 unspecified atom stereocenters. The van der Waals surface area contributed by atoms with Crippen LogP contribution in [-0.4, -0.2) is 75.7 Å². The largest absolute Gasteiger partial charge is 0.491 e. The molecule has 0 bridgehead atoms. The van der Waals surface area contributed by atoms with E-state index in [1.54, 1.807) is 30.3 Å². The fraction of sp³-hybridized carbons (Fsp3) is 0.517. The molecule has 0 spiro atoms. The standard InChI is InChI=1S/C29H35N5O6/c1-3-4-7-18-15-30-25(32-27(18)39-2)29(38)33-13-6-5-8-20(33)17-40-21-9-10-22-19(14-21)16-34(28(22)37)23-11-12-24(35)31-26(23)36/h9-10,14-15,20,23H,3-8,11-13,16-17H2,1-2H3,(H,31,35,36)/t20-,23?/m0/s1. The summed E-state index contributed by atoms with van der Waals surface area (Å²) < 4.78 is 11.6. The smallest absolute Gasteiger partial charge is 0.292 e. The van der Waals surface area contributed by atoms with Gasteiger partial charge in [0.15, 0.2) is 0 Å². The quantitative estimate of drug-likeness (QED) is 0.473. The van der Waals surface area contributed by atoms with Crippen LogP contribution in [0.4, 0.5) is 0 Å². The van der Waals surface area contributed by atoms with Gasteiger partial charge in [-0.15, -0.1) is 0 Å². The first-order valence-corrected chi connectivity index (χ1v) is 14.0. The maximum Gasteiger partial charge on any atom is 0.292 e.